The average molecular weight is 325 g/mol. The van der Waals surface area contributed by atoms with Crippen LogP contribution in [0.1, 0.15) is 5.56 Å². The molecule has 9 heteroatoms. The van der Waals surface area contributed by atoms with Gasteiger partial charge in [-0.05, 0) is 24.6 Å². The van der Waals surface area contributed by atoms with E-state index in [1.54, 1.807) is 6.92 Å². The lowest BCUT2D eigenvalue weighted by Gasteiger charge is -2.12. The minimum atomic E-state index is -0.970. The molecular formula is C13H7ClF2N4O2. The van der Waals surface area contributed by atoms with Crippen molar-refractivity contribution in [1.29, 1.82) is 0 Å². The van der Waals surface area contributed by atoms with E-state index in [0.717, 1.165) is 21.4 Å². The molecule has 22 heavy (non-hydrogen) atoms. The van der Waals surface area contributed by atoms with Crippen molar-refractivity contribution in [3.05, 3.63) is 67.7 Å². The van der Waals surface area contributed by atoms with Crippen LogP contribution in [0.25, 0.3) is 11.5 Å². The van der Waals surface area contributed by atoms with Gasteiger partial charge in [0.15, 0.2) is 0 Å². The first-order valence-electron chi connectivity index (χ1n) is 6.01. The number of nitrogens with zero attached hydrogens (tertiary/aromatic N) is 4. The van der Waals surface area contributed by atoms with Gasteiger partial charge in [-0.25, -0.2) is 18.2 Å². The molecular weight excluding hydrogens is 318 g/mol. The number of aryl methyl sites for hydroxylation is 1. The SMILES string of the molecule is Cc1cc(-n2c(=O)cc(F)n3cnc(=O)nc23)c(F)cc1Cl. The smallest absolute Gasteiger partial charge is 0.269 e. The molecule has 0 aliphatic heterocycles. The summed E-state index contributed by atoms with van der Waals surface area (Å²) in [5.41, 5.74) is -1.49. The van der Waals surface area contributed by atoms with Crippen LogP contribution in [0, 0.1) is 18.7 Å². The highest BCUT2D eigenvalue weighted by Crippen LogP contribution is 2.22. The van der Waals surface area contributed by atoms with Crippen LogP contribution in [-0.4, -0.2) is 18.9 Å². The van der Waals surface area contributed by atoms with Gasteiger partial charge in [0.25, 0.3) is 5.56 Å². The van der Waals surface area contributed by atoms with Gasteiger partial charge < -0.3 is 0 Å². The predicted octanol–water partition coefficient (Wildman–Crippen LogP) is 1.48. The van der Waals surface area contributed by atoms with Crippen molar-refractivity contribution in [2.45, 2.75) is 6.92 Å². The van der Waals surface area contributed by atoms with E-state index < -0.39 is 23.0 Å². The quantitative estimate of drug-likeness (QED) is 0.636. The van der Waals surface area contributed by atoms with Crippen LogP contribution in [-0.2, 0) is 0 Å². The summed E-state index contributed by atoms with van der Waals surface area (Å²) in [5.74, 6) is -2.16. The summed E-state index contributed by atoms with van der Waals surface area (Å²) >= 11 is 5.81. The average Bonchev–Trinajstić information content (AvgIpc) is 2.43. The molecule has 6 nitrogen and oxygen atoms in total. The van der Waals surface area contributed by atoms with Crippen molar-refractivity contribution >= 4 is 17.4 Å². The Morgan fingerprint density at radius 1 is 1.18 bits per heavy atom. The molecule has 0 atom stereocenters. The van der Waals surface area contributed by atoms with E-state index >= 15 is 0 Å². The first-order chi connectivity index (χ1) is 10.4. The summed E-state index contributed by atoms with van der Waals surface area (Å²) in [6.07, 6.45) is 0.872. The largest absolute Gasteiger partial charge is 0.371 e. The van der Waals surface area contributed by atoms with E-state index in [4.69, 9.17) is 11.6 Å². The molecule has 0 fully saturated rings. The highest BCUT2D eigenvalue weighted by atomic mass is 35.5. The minimum Gasteiger partial charge on any atom is -0.269 e. The fourth-order valence-electron chi connectivity index (χ4n) is 2.01. The molecule has 0 saturated heterocycles. The second-order valence-electron chi connectivity index (χ2n) is 4.50. The van der Waals surface area contributed by atoms with Gasteiger partial charge >= 0.3 is 5.69 Å². The third-order valence-electron chi connectivity index (χ3n) is 3.06. The van der Waals surface area contributed by atoms with E-state index in [0.29, 0.717) is 11.6 Å². The van der Waals surface area contributed by atoms with Crippen molar-refractivity contribution in [2.24, 2.45) is 0 Å². The monoisotopic (exact) mass is 324 g/mol. The van der Waals surface area contributed by atoms with Crippen LogP contribution in [0.3, 0.4) is 0 Å². The van der Waals surface area contributed by atoms with Crippen molar-refractivity contribution in [2.75, 3.05) is 0 Å². The van der Waals surface area contributed by atoms with Crippen molar-refractivity contribution in [3.8, 4) is 5.69 Å². The van der Waals surface area contributed by atoms with Gasteiger partial charge in [-0.1, -0.05) is 11.6 Å². The lowest BCUT2D eigenvalue weighted by atomic mass is 10.2. The van der Waals surface area contributed by atoms with Crippen molar-refractivity contribution in [1.82, 2.24) is 18.9 Å². The van der Waals surface area contributed by atoms with Crippen molar-refractivity contribution < 1.29 is 8.78 Å². The molecule has 0 radical (unpaired) electrons. The zero-order chi connectivity index (χ0) is 16.0. The Balaban J connectivity index is 2.51. The summed E-state index contributed by atoms with van der Waals surface area (Å²) in [7, 11) is 0. The molecule has 0 N–H and O–H groups in total. The molecule has 2 aromatic heterocycles. The summed E-state index contributed by atoms with van der Waals surface area (Å²) in [6.45, 7) is 1.61. The van der Waals surface area contributed by atoms with Crippen LogP contribution < -0.4 is 11.2 Å². The third-order valence-corrected chi connectivity index (χ3v) is 3.46. The van der Waals surface area contributed by atoms with Crippen LogP contribution in [0.4, 0.5) is 8.78 Å². The second-order valence-corrected chi connectivity index (χ2v) is 4.91. The van der Waals surface area contributed by atoms with E-state index in [-0.39, 0.29) is 16.5 Å². The Hall–Kier alpha value is -2.61. The maximum Gasteiger partial charge on any atom is 0.371 e. The number of hydrogen-bond acceptors (Lipinski definition) is 4. The van der Waals surface area contributed by atoms with Gasteiger partial charge in [0, 0.05) is 5.02 Å². The third kappa shape index (κ3) is 2.17. The lowest BCUT2D eigenvalue weighted by molar-refractivity contribution is 0.546. The molecule has 0 bridgehead atoms. The van der Waals surface area contributed by atoms with Crippen LogP contribution in [0.15, 0.2) is 34.1 Å². The number of fused-ring (bicyclic) bond motifs is 1. The molecule has 3 aromatic rings. The fraction of sp³-hybridized carbons (Fsp3) is 0.0769. The molecule has 0 spiro atoms. The Bertz CT molecular complexity index is 1030. The minimum absolute atomic E-state index is 0.174. The predicted molar refractivity (Wildman–Crippen MR) is 74.5 cm³/mol. The lowest BCUT2D eigenvalue weighted by Crippen LogP contribution is -2.27. The van der Waals surface area contributed by atoms with Gasteiger partial charge in [0.2, 0.25) is 11.7 Å². The van der Waals surface area contributed by atoms with Crippen LogP contribution in [0.2, 0.25) is 5.02 Å². The van der Waals surface area contributed by atoms with E-state index in [1.807, 2.05) is 0 Å². The van der Waals surface area contributed by atoms with Gasteiger partial charge in [-0.2, -0.15) is 14.4 Å². The molecule has 0 amide bonds. The van der Waals surface area contributed by atoms with Crippen LogP contribution in [0.5, 0.6) is 0 Å². The number of benzene rings is 1. The standard InChI is InChI=1S/C13H7ClF2N4O2/c1-6-2-9(8(15)3-7(6)14)20-11(21)4-10(16)19-5-17-12(22)18-13(19)20/h2-5H,1H3. The van der Waals surface area contributed by atoms with E-state index in [1.165, 1.54) is 6.07 Å². The zero-order valence-electron chi connectivity index (χ0n) is 11.0. The van der Waals surface area contributed by atoms with Gasteiger partial charge in [0.05, 0.1) is 11.8 Å². The van der Waals surface area contributed by atoms with Crippen molar-refractivity contribution in [3.63, 3.8) is 0 Å². The highest BCUT2D eigenvalue weighted by molar-refractivity contribution is 6.31. The molecule has 0 aliphatic carbocycles. The fourth-order valence-corrected chi connectivity index (χ4v) is 2.16. The molecule has 1 aromatic carbocycles. The molecule has 2 heterocycles. The van der Waals surface area contributed by atoms with Crippen LogP contribution >= 0.6 is 11.6 Å². The maximum atomic E-state index is 14.2. The number of halogens is 3. The van der Waals surface area contributed by atoms with E-state index in [2.05, 4.69) is 9.97 Å². The zero-order valence-corrected chi connectivity index (χ0v) is 11.8. The Kier molecular flexibility index (Phi) is 3.25. The Labute approximate surface area is 126 Å². The van der Waals surface area contributed by atoms with Gasteiger partial charge in [0.1, 0.15) is 12.1 Å². The molecule has 0 unspecified atom stereocenters. The first kappa shape index (κ1) is 14.3. The second kappa shape index (κ2) is 4.99. The number of hydrogen-bond donors (Lipinski definition) is 0. The maximum absolute atomic E-state index is 14.2. The number of aromatic nitrogens is 4. The normalized spacial score (nSPS) is 11.1. The summed E-state index contributed by atoms with van der Waals surface area (Å²) in [6, 6.07) is 2.98. The first-order valence-corrected chi connectivity index (χ1v) is 6.39. The summed E-state index contributed by atoms with van der Waals surface area (Å²) < 4.78 is 29.5. The molecule has 0 saturated carbocycles. The van der Waals surface area contributed by atoms with E-state index in [9.17, 15) is 18.4 Å². The number of rotatable bonds is 1. The Morgan fingerprint density at radius 2 is 1.91 bits per heavy atom. The summed E-state index contributed by atoms with van der Waals surface area (Å²) in [5, 5.41) is 0.174. The highest BCUT2D eigenvalue weighted by Gasteiger charge is 2.16. The Morgan fingerprint density at radius 3 is 2.64 bits per heavy atom. The molecule has 112 valence electrons. The summed E-state index contributed by atoms with van der Waals surface area (Å²) in [4.78, 5) is 30.2. The van der Waals surface area contributed by atoms with Gasteiger partial charge in [-0.3, -0.25) is 4.79 Å². The van der Waals surface area contributed by atoms with Gasteiger partial charge in [-0.15, -0.1) is 0 Å². The molecule has 0 aliphatic rings. The molecule has 3 rings (SSSR count). The topological polar surface area (TPSA) is 69.3 Å².